The normalized spacial score (nSPS) is 19.7. The van der Waals surface area contributed by atoms with Gasteiger partial charge in [0.2, 0.25) is 0 Å². The molecule has 4 nitrogen and oxygen atoms in total. The van der Waals surface area contributed by atoms with E-state index in [-0.39, 0.29) is 17.2 Å². The molecular formula is C18H11F6NO3. The first-order valence-corrected chi connectivity index (χ1v) is 7.81. The number of carboxylic acids is 1. The maximum absolute atomic E-state index is 13.1. The summed E-state index contributed by atoms with van der Waals surface area (Å²) >= 11 is 0. The second kappa shape index (κ2) is 6.54. The number of carboxylic acid groups (broad SMARTS) is 1. The highest BCUT2D eigenvalue weighted by atomic mass is 19.4. The summed E-state index contributed by atoms with van der Waals surface area (Å²) in [5.41, 5.74) is -3.77. The third-order valence-corrected chi connectivity index (χ3v) is 4.40. The van der Waals surface area contributed by atoms with Crippen molar-refractivity contribution >= 4 is 11.9 Å². The number of hydrogen-bond donors (Lipinski definition) is 2. The molecule has 3 rings (SSSR count). The Kier molecular flexibility index (Phi) is 4.60. The van der Waals surface area contributed by atoms with Crippen LogP contribution < -0.4 is 5.32 Å². The lowest BCUT2D eigenvalue weighted by Crippen LogP contribution is -2.41. The summed E-state index contributed by atoms with van der Waals surface area (Å²) < 4.78 is 78.6. The number of amides is 1. The van der Waals surface area contributed by atoms with Crippen LogP contribution in [0.25, 0.3) is 0 Å². The van der Waals surface area contributed by atoms with E-state index in [1.807, 2.05) is 0 Å². The fourth-order valence-electron chi connectivity index (χ4n) is 3.17. The second-order valence-electron chi connectivity index (χ2n) is 6.19. The number of aliphatic carboxylic acids is 1. The van der Waals surface area contributed by atoms with E-state index in [1.54, 1.807) is 0 Å². The van der Waals surface area contributed by atoms with Crippen LogP contribution in [0.2, 0.25) is 0 Å². The molecule has 148 valence electrons. The molecule has 0 saturated heterocycles. The van der Waals surface area contributed by atoms with Crippen LogP contribution in [0.15, 0.2) is 42.5 Å². The van der Waals surface area contributed by atoms with Gasteiger partial charge < -0.3 is 10.4 Å². The van der Waals surface area contributed by atoms with Crippen LogP contribution in [0.4, 0.5) is 26.3 Å². The summed E-state index contributed by atoms with van der Waals surface area (Å²) in [5.74, 6) is -3.84. The van der Waals surface area contributed by atoms with Crippen molar-refractivity contribution in [2.45, 2.75) is 24.3 Å². The van der Waals surface area contributed by atoms with Crippen molar-refractivity contribution in [2.75, 3.05) is 0 Å². The summed E-state index contributed by atoms with van der Waals surface area (Å²) in [6, 6.07) is 4.69. The Morgan fingerprint density at radius 2 is 1.46 bits per heavy atom. The first-order valence-electron chi connectivity index (χ1n) is 7.81. The van der Waals surface area contributed by atoms with Gasteiger partial charge in [0.1, 0.15) is 5.92 Å². The van der Waals surface area contributed by atoms with Crippen LogP contribution in [-0.4, -0.2) is 17.0 Å². The van der Waals surface area contributed by atoms with Crippen molar-refractivity contribution in [1.82, 2.24) is 5.32 Å². The molecular weight excluding hydrogens is 392 g/mol. The van der Waals surface area contributed by atoms with Crippen LogP contribution in [0.1, 0.15) is 44.6 Å². The van der Waals surface area contributed by atoms with E-state index in [9.17, 15) is 41.0 Å². The predicted molar refractivity (Wildman–Crippen MR) is 83.5 cm³/mol. The molecule has 1 aliphatic rings. The number of benzene rings is 2. The summed E-state index contributed by atoms with van der Waals surface area (Å²) in [6.45, 7) is 0. The molecule has 2 aromatic carbocycles. The topological polar surface area (TPSA) is 66.4 Å². The molecule has 2 unspecified atom stereocenters. The monoisotopic (exact) mass is 403 g/mol. The summed E-state index contributed by atoms with van der Waals surface area (Å²) in [4.78, 5) is 24.0. The second-order valence-corrected chi connectivity index (χ2v) is 6.19. The zero-order valence-corrected chi connectivity index (χ0v) is 13.7. The van der Waals surface area contributed by atoms with Crippen LogP contribution >= 0.6 is 0 Å². The maximum Gasteiger partial charge on any atom is 0.416 e. The van der Waals surface area contributed by atoms with Gasteiger partial charge in [-0.25, -0.2) is 0 Å². The predicted octanol–water partition coefficient (Wildman–Crippen LogP) is 4.38. The van der Waals surface area contributed by atoms with Crippen LogP contribution in [-0.2, 0) is 17.1 Å². The molecule has 0 saturated carbocycles. The van der Waals surface area contributed by atoms with Gasteiger partial charge in [-0.2, -0.15) is 26.3 Å². The molecule has 28 heavy (non-hydrogen) atoms. The molecule has 0 radical (unpaired) electrons. The van der Waals surface area contributed by atoms with Crippen molar-refractivity contribution in [3.05, 3.63) is 70.3 Å². The molecule has 0 bridgehead atoms. The number of hydrogen-bond acceptors (Lipinski definition) is 2. The average Bonchev–Trinajstić information content (AvgIpc) is 2.59. The minimum Gasteiger partial charge on any atom is -0.481 e. The molecule has 0 fully saturated rings. The lowest BCUT2D eigenvalue weighted by Gasteiger charge is -2.32. The highest BCUT2D eigenvalue weighted by Gasteiger charge is 2.42. The van der Waals surface area contributed by atoms with Crippen molar-refractivity contribution in [1.29, 1.82) is 0 Å². The number of carbonyl (C=O) groups excluding carboxylic acids is 1. The van der Waals surface area contributed by atoms with Gasteiger partial charge in [0, 0.05) is 5.56 Å². The molecule has 1 heterocycles. The number of fused-ring (bicyclic) bond motifs is 1. The molecule has 1 aliphatic heterocycles. The highest BCUT2D eigenvalue weighted by molar-refractivity contribution is 6.00. The lowest BCUT2D eigenvalue weighted by molar-refractivity contribution is -0.143. The van der Waals surface area contributed by atoms with Crippen molar-refractivity contribution in [2.24, 2.45) is 0 Å². The van der Waals surface area contributed by atoms with Crippen molar-refractivity contribution in [3.63, 3.8) is 0 Å². The zero-order chi connectivity index (χ0) is 20.9. The van der Waals surface area contributed by atoms with Gasteiger partial charge in [0.25, 0.3) is 5.91 Å². The number of rotatable bonds is 2. The van der Waals surface area contributed by atoms with Gasteiger partial charge in [-0.3, -0.25) is 9.59 Å². The van der Waals surface area contributed by atoms with Gasteiger partial charge in [-0.15, -0.1) is 0 Å². The van der Waals surface area contributed by atoms with E-state index in [1.165, 1.54) is 24.3 Å². The Balaban J connectivity index is 2.22. The average molecular weight is 403 g/mol. The fraction of sp³-hybridized carbons (Fsp3) is 0.222. The standard InChI is InChI=1S/C18H11F6NO3/c19-17(20,21)9-5-8(6-10(7-9)18(22,23)24)14-13(16(27)28)11-3-1-2-4-12(11)15(26)25-14/h1-7,13-14H,(H,25,26)(H,27,28). The van der Waals surface area contributed by atoms with E-state index >= 15 is 0 Å². The van der Waals surface area contributed by atoms with E-state index < -0.39 is 52.9 Å². The third-order valence-electron chi connectivity index (χ3n) is 4.40. The largest absolute Gasteiger partial charge is 0.481 e. The Labute approximate surface area is 153 Å². The molecule has 10 heteroatoms. The van der Waals surface area contributed by atoms with E-state index in [2.05, 4.69) is 5.32 Å². The quantitative estimate of drug-likeness (QED) is 0.732. The zero-order valence-electron chi connectivity index (χ0n) is 13.7. The van der Waals surface area contributed by atoms with Gasteiger partial charge in [0.15, 0.2) is 0 Å². The van der Waals surface area contributed by atoms with E-state index in [0.29, 0.717) is 12.1 Å². The smallest absolute Gasteiger partial charge is 0.416 e. The third kappa shape index (κ3) is 3.54. The molecule has 1 amide bonds. The van der Waals surface area contributed by atoms with Crippen LogP contribution in [0.3, 0.4) is 0 Å². The number of alkyl halides is 6. The first-order chi connectivity index (χ1) is 12.9. The Morgan fingerprint density at radius 3 is 1.96 bits per heavy atom. The molecule has 0 aliphatic carbocycles. The van der Waals surface area contributed by atoms with E-state index in [4.69, 9.17) is 0 Å². The van der Waals surface area contributed by atoms with Crippen molar-refractivity contribution in [3.8, 4) is 0 Å². The van der Waals surface area contributed by atoms with Gasteiger partial charge in [0.05, 0.1) is 17.2 Å². The SMILES string of the molecule is O=C1NC(c2cc(C(F)(F)F)cc(C(F)(F)F)c2)C(C(=O)O)c2ccccc21. The molecule has 2 atom stereocenters. The van der Waals surface area contributed by atoms with Gasteiger partial charge in [-0.05, 0) is 35.4 Å². The Hall–Kier alpha value is -3.04. The minimum absolute atomic E-state index is 0.00540. The first kappa shape index (κ1) is 19.7. The number of nitrogens with one attached hydrogen (secondary N) is 1. The summed E-state index contributed by atoms with van der Waals surface area (Å²) in [6.07, 6.45) is -10.2. The molecule has 2 aromatic rings. The van der Waals surface area contributed by atoms with Crippen LogP contribution in [0, 0.1) is 0 Å². The van der Waals surface area contributed by atoms with Crippen LogP contribution in [0.5, 0.6) is 0 Å². The fourth-order valence-corrected chi connectivity index (χ4v) is 3.17. The summed E-state index contributed by atoms with van der Waals surface area (Å²) in [7, 11) is 0. The molecule has 2 N–H and O–H groups in total. The summed E-state index contributed by atoms with van der Waals surface area (Å²) in [5, 5.41) is 11.8. The minimum atomic E-state index is -5.09. The van der Waals surface area contributed by atoms with Crippen molar-refractivity contribution < 1.29 is 41.0 Å². The molecule has 0 aromatic heterocycles. The van der Waals surface area contributed by atoms with Gasteiger partial charge >= 0.3 is 18.3 Å². The van der Waals surface area contributed by atoms with Gasteiger partial charge in [-0.1, -0.05) is 18.2 Å². The molecule has 0 spiro atoms. The number of halogens is 6. The van der Waals surface area contributed by atoms with E-state index in [0.717, 1.165) is 0 Å². The highest BCUT2D eigenvalue weighted by Crippen LogP contribution is 2.42. The maximum atomic E-state index is 13.1. The number of carbonyl (C=O) groups is 2. The Morgan fingerprint density at radius 1 is 0.929 bits per heavy atom. The lowest BCUT2D eigenvalue weighted by atomic mass is 9.80. The Bertz CT molecular complexity index is 919.